The molecule has 1 aromatic carbocycles. The van der Waals surface area contributed by atoms with Crippen molar-refractivity contribution in [3.05, 3.63) is 70.7 Å². The molecule has 4 rings (SSSR count). The molecule has 1 saturated heterocycles. The molecule has 0 radical (unpaired) electrons. The van der Waals surface area contributed by atoms with Crippen molar-refractivity contribution in [2.75, 3.05) is 25.4 Å². The molecule has 2 aromatic heterocycles. The quantitative estimate of drug-likeness (QED) is 0.417. The Morgan fingerprint density at radius 3 is 2.97 bits per heavy atom. The van der Waals surface area contributed by atoms with Gasteiger partial charge in [0.05, 0.1) is 38.8 Å². The Kier molecular flexibility index (Phi) is 7.49. The summed E-state index contributed by atoms with van der Waals surface area (Å²) in [6.07, 6.45) is 6.46. The van der Waals surface area contributed by atoms with E-state index in [1.165, 1.54) is 0 Å². The van der Waals surface area contributed by atoms with Crippen molar-refractivity contribution in [2.24, 2.45) is 0 Å². The van der Waals surface area contributed by atoms with Gasteiger partial charge in [-0.3, -0.25) is 4.79 Å². The van der Waals surface area contributed by atoms with Crippen molar-refractivity contribution in [3.8, 4) is 5.69 Å². The maximum Gasteiger partial charge on any atom is 0.253 e. The van der Waals surface area contributed by atoms with Gasteiger partial charge in [0.1, 0.15) is 0 Å². The lowest BCUT2D eigenvalue weighted by molar-refractivity contribution is 0.0939. The summed E-state index contributed by atoms with van der Waals surface area (Å²) >= 11 is 12.7. The Bertz CT molecular complexity index is 1280. The zero-order valence-corrected chi connectivity index (χ0v) is 20.7. The number of aromatic nitrogens is 3. The molecule has 184 valence electrons. The summed E-state index contributed by atoms with van der Waals surface area (Å²) in [6, 6.07) is 5.04. The second-order valence-corrected chi connectivity index (χ2v) is 9.01. The van der Waals surface area contributed by atoms with Crippen molar-refractivity contribution in [1.82, 2.24) is 25.2 Å². The van der Waals surface area contributed by atoms with E-state index in [2.05, 4.69) is 22.2 Å². The average molecular weight is 517 g/mol. The molecule has 0 bridgehead atoms. The number of aliphatic hydroxyl groups is 1. The van der Waals surface area contributed by atoms with Crippen LogP contribution in [-0.2, 0) is 6.42 Å². The minimum absolute atomic E-state index is 0.0503. The summed E-state index contributed by atoms with van der Waals surface area (Å²) in [5, 5.41) is 21.0. The molecule has 3 heterocycles. The predicted molar refractivity (Wildman–Crippen MR) is 136 cm³/mol. The average Bonchev–Trinajstić information content (AvgIpc) is 3.58. The fraction of sp³-hybridized carbons (Fsp3) is 0.292. The highest BCUT2D eigenvalue weighted by Crippen LogP contribution is 2.34. The highest BCUT2D eigenvalue weighted by atomic mass is 35.5. The zero-order valence-electron chi connectivity index (χ0n) is 19.2. The van der Waals surface area contributed by atoms with Crippen LogP contribution in [0.15, 0.2) is 47.8 Å². The number of halogens is 2. The Balaban J connectivity index is 1.41. The van der Waals surface area contributed by atoms with Crippen LogP contribution in [0.4, 0.5) is 5.82 Å². The smallest absolute Gasteiger partial charge is 0.253 e. The van der Waals surface area contributed by atoms with Crippen LogP contribution in [0.25, 0.3) is 16.4 Å². The van der Waals surface area contributed by atoms with E-state index < -0.39 is 0 Å². The molecule has 0 saturated carbocycles. The number of carbonyl (C=O) groups is 1. The van der Waals surface area contributed by atoms with Crippen molar-refractivity contribution < 1.29 is 14.4 Å². The predicted octanol–water partition coefficient (Wildman–Crippen LogP) is 3.71. The van der Waals surface area contributed by atoms with Crippen molar-refractivity contribution in [3.63, 3.8) is 0 Å². The lowest BCUT2D eigenvalue weighted by atomic mass is 10.1. The van der Waals surface area contributed by atoms with Gasteiger partial charge in [0, 0.05) is 31.9 Å². The summed E-state index contributed by atoms with van der Waals surface area (Å²) in [6.45, 7) is 7.18. The fourth-order valence-corrected chi connectivity index (χ4v) is 4.44. The zero-order chi connectivity index (χ0) is 25.1. The first kappa shape index (κ1) is 24.8. The van der Waals surface area contributed by atoms with E-state index in [0.717, 1.165) is 17.7 Å². The van der Waals surface area contributed by atoms with Gasteiger partial charge in [0.15, 0.2) is 11.6 Å². The van der Waals surface area contributed by atoms with E-state index in [9.17, 15) is 4.79 Å². The molecule has 1 atom stereocenters. The SMILES string of the molecule is C=C(c1onc(N)c1/C(Cl)=C\C)N1CC[C@@H](NC(=O)c2ccc(-n3cc(CCO)cn3)cc2Cl)C1. The molecular formula is C24H26Cl2N6O3. The Morgan fingerprint density at radius 1 is 1.46 bits per heavy atom. The molecule has 0 spiro atoms. The first-order chi connectivity index (χ1) is 16.8. The van der Waals surface area contributed by atoms with Crippen LogP contribution in [0, 0.1) is 0 Å². The molecule has 9 nitrogen and oxygen atoms in total. The topological polar surface area (TPSA) is 122 Å². The van der Waals surface area contributed by atoms with E-state index >= 15 is 0 Å². The van der Waals surface area contributed by atoms with Gasteiger partial charge in [0.2, 0.25) is 0 Å². The second-order valence-electron chi connectivity index (χ2n) is 8.19. The normalized spacial score (nSPS) is 16.1. The van der Waals surface area contributed by atoms with Gasteiger partial charge in [-0.1, -0.05) is 41.0 Å². The number of aliphatic hydroxyl groups excluding tert-OH is 1. The summed E-state index contributed by atoms with van der Waals surface area (Å²) in [7, 11) is 0. The summed E-state index contributed by atoms with van der Waals surface area (Å²) in [5.74, 6) is 0.352. The highest BCUT2D eigenvalue weighted by Gasteiger charge is 2.29. The monoisotopic (exact) mass is 516 g/mol. The van der Waals surface area contributed by atoms with Gasteiger partial charge in [0.25, 0.3) is 5.91 Å². The van der Waals surface area contributed by atoms with Crippen molar-refractivity contribution in [1.29, 1.82) is 0 Å². The minimum atomic E-state index is -0.262. The van der Waals surface area contributed by atoms with Crippen LogP contribution < -0.4 is 11.1 Å². The number of amides is 1. The Hall–Kier alpha value is -3.27. The Labute approximate surface area is 212 Å². The molecule has 1 aliphatic heterocycles. The van der Waals surface area contributed by atoms with Crippen LogP contribution >= 0.6 is 23.2 Å². The fourth-order valence-electron chi connectivity index (χ4n) is 3.99. The number of nitrogens with one attached hydrogen (secondary N) is 1. The number of nitrogens with zero attached hydrogens (tertiary/aromatic N) is 4. The van der Waals surface area contributed by atoms with Crippen LogP contribution in [0.1, 0.15) is 40.6 Å². The van der Waals surface area contributed by atoms with Gasteiger partial charge in [-0.05, 0) is 43.5 Å². The number of likely N-dealkylation sites (tertiary alicyclic amines) is 1. The number of anilines is 1. The van der Waals surface area contributed by atoms with E-state index in [4.69, 9.17) is 38.6 Å². The Morgan fingerprint density at radius 2 is 2.26 bits per heavy atom. The van der Waals surface area contributed by atoms with Crippen molar-refractivity contribution in [2.45, 2.75) is 25.8 Å². The molecule has 11 heteroatoms. The number of carbonyl (C=O) groups excluding carboxylic acids is 1. The first-order valence-electron chi connectivity index (χ1n) is 11.1. The van der Waals surface area contributed by atoms with Gasteiger partial charge in [-0.25, -0.2) is 4.68 Å². The van der Waals surface area contributed by atoms with Gasteiger partial charge >= 0.3 is 0 Å². The summed E-state index contributed by atoms with van der Waals surface area (Å²) in [5.41, 5.74) is 9.03. The highest BCUT2D eigenvalue weighted by molar-refractivity contribution is 6.49. The lowest BCUT2D eigenvalue weighted by Crippen LogP contribution is -2.36. The molecule has 35 heavy (non-hydrogen) atoms. The first-order valence-corrected chi connectivity index (χ1v) is 11.8. The number of rotatable bonds is 8. The maximum absolute atomic E-state index is 12.9. The number of nitrogens with two attached hydrogens (primary N) is 1. The number of benzene rings is 1. The third kappa shape index (κ3) is 5.22. The van der Waals surface area contributed by atoms with E-state index in [0.29, 0.717) is 52.1 Å². The van der Waals surface area contributed by atoms with Crippen LogP contribution in [0.3, 0.4) is 0 Å². The third-order valence-electron chi connectivity index (χ3n) is 5.88. The maximum atomic E-state index is 12.9. The van der Waals surface area contributed by atoms with E-state index in [1.807, 2.05) is 11.1 Å². The van der Waals surface area contributed by atoms with Gasteiger partial charge < -0.3 is 25.6 Å². The van der Waals surface area contributed by atoms with Crippen LogP contribution in [0.2, 0.25) is 5.02 Å². The molecule has 1 fully saturated rings. The molecular weight excluding hydrogens is 491 g/mol. The van der Waals surface area contributed by atoms with Crippen molar-refractivity contribution >= 4 is 45.7 Å². The molecule has 4 N–H and O–H groups in total. The molecule has 0 unspecified atom stereocenters. The van der Waals surface area contributed by atoms with Gasteiger partial charge in [-0.2, -0.15) is 5.10 Å². The molecule has 0 aliphatic carbocycles. The molecule has 1 amide bonds. The number of allylic oxidation sites excluding steroid dienone is 1. The number of nitrogen functional groups attached to an aromatic ring is 1. The standard InChI is InChI=1S/C24H26Cl2N6O3/c1-3-19(25)21-22(35-30-23(21)27)14(2)31-8-6-16(13-31)29-24(34)18-5-4-17(10-20(18)26)32-12-15(7-9-33)11-28-32/h3-5,10-12,16,33H,2,6-9,13H2,1H3,(H2,27,30)(H,29,34)/b19-3+/t16-/m1/s1. The molecule has 3 aromatic rings. The second kappa shape index (κ2) is 10.6. The molecule has 1 aliphatic rings. The van der Waals surface area contributed by atoms with Crippen LogP contribution in [0.5, 0.6) is 0 Å². The van der Waals surface area contributed by atoms with E-state index in [-0.39, 0.29) is 24.4 Å². The number of hydrogen-bond donors (Lipinski definition) is 3. The lowest BCUT2D eigenvalue weighted by Gasteiger charge is -2.20. The largest absolute Gasteiger partial charge is 0.396 e. The van der Waals surface area contributed by atoms with E-state index in [1.54, 1.807) is 42.1 Å². The third-order valence-corrected chi connectivity index (χ3v) is 6.60. The number of hydrogen-bond acceptors (Lipinski definition) is 7. The summed E-state index contributed by atoms with van der Waals surface area (Å²) in [4.78, 5) is 14.9. The van der Waals surface area contributed by atoms with Gasteiger partial charge in [-0.15, -0.1) is 0 Å². The van der Waals surface area contributed by atoms with Crippen LogP contribution in [-0.4, -0.2) is 56.6 Å². The minimum Gasteiger partial charge on any atom is -0.396 e. The summed E-state index contributed by atoms with van der Waals surface area (Å²) < 4.78 is 7.05.